The lowest BCUT2D eigenvalue weighted by molar-refractivity contribution is -0.122. The molecule has 0 aliphatic carbocycles. The van der Waals surface area contributed by atoms with Crippen LogP contribution in [-0.2, 0) is 16.0 Å². The molecule has 2 aliphatic rings. The van der Waals surface area contributed by atoms with Gasteiger partial charge in [-0.3, -0.25) is 9.59 Å². The quantitative estimate of drug-likeness (QED) is 0.853. The fraction of sp³-hybridized carbons (Fsp3) is 0.333. The monoisotopic (exact) mass is 366 g/mol. The molecule has 140 valence electrons. The second-order valence-corrected chi connectivity index (χ2v) is 6.80. The van der Waals surface area contributed by atoms with Gasteiger partial charge < -0.3 is 20.1 Å². The number of rotatable bonds is 5. The summed E-state index contributed by atoms with van der Waals surface area (Å²) in [4.78, 5) is 25.2. The first-order valence-electron chi connectivity index (χ1n) is 9.25. The topological polar surface area (TPSA) is 76.7 Å². The van der Waals surface area contributed by atoms with Crippen LogP contribution in [0.4, 0.5) is 5.69 Å². The summed E-state index contributed by atoms with van der Waals surface area (Å²) in [6.07, 6.45) is 1.98. The summed E-state index contributed by atoms with van der Waals surface area (Å²) in [6.45, 7) is 1.22. The third-order valence-corrected chi connectivity index (χ3v) is 4.88. The first-order valence-corrected chi connectivity index (χ1v) is 9.25. The van der Waals surface area contributed by atoms with E-state index >= 15 is 0 Å². The van der Waals surface area contributed by atoms with Gasteiger partial charge in [0.15, 0.2) is 6.10 Å². The predicted molar refractivity (Wildman–Crippen MR) is 101 cm³/mol. The van der Waals surface area contributed by atoms with Crippen LogP contribution in [0.5, 0.6) is 5.75 Å². The van der Waals surface area contributed by atoms with E-state index in [9.17, 15) is 9.59 Å². The van der Waals surface area contributed by atoms with Crippen molar-refractivity contribution in [2.45, 2.75) is 31.5 Å². The lowest BCUT2D eigenvalue weighted by Gasteiger charge is -2.15. The van der Waals surface area contributed by atoms with E-state index in [1.807, 2.05) is 24.3 Å². The van der Waals surface area contributed by atoms with E-state index in [1.165, 1.54) is 0 Å². The molecule has 1 fully saturated rings. The SMILES string of the molecule is O=C(NCC1CCCO1)c1ccccc1NC(=O)C1Cc2ccccc2O1. The maximum absolute atomic E-state index is 12.6. The van der Waals surface area contributed by atoms with Crippen LogP contribution in [0.1, 0.15) is 28.8 Å². The Morgan fingerprint density at radius 2 is 1.89 bits per heavy atom. The van der Waals surface area contributed by atoms with Gasteiger partial charge >= 0.3 is 0 Å². The highest BCUT2D eigenvalue weighted by Gasteiger charge is 2.29. The zero-order valence-electron chi connectivity index (χ0n) is 14.9. The molecule has 0 aromatic heterocycles. The van der Waals surface area contributed by atoms with E-state index in [0.717, 1.165) is 30.8 Å². The van der Waals surface area contributed by atoms with Crippen molar-refractivity contribution in [3.8, 4) is 5.75 Å². The first-order chi connectivity index (χ1) is 13.2. The molecule has 2 aromatic carbocycles. The van der Waals surface area contributed by atoms with Crippen molar-refractivity contribution in [2.75, 3.05) is 18.5 Å². The van der Waals surface area contributed by atoms with Gasteiger partial charge in [0.2, 0.25) is 0 Å². The van der Waals surface area contributed by atoms with Gasteiger partial charge in [-0.1, -0.05) is 30.3 Å². The maximum Gasteiger partial charge on any atom is 0.265 e. The number of carbonyl (C=O) groups is 2. The van der Waals surface area contributed by atoms with Crippen molar-refractivity contribution in [1.82, 2.24) is 5.32 Å². The summed E-state index contributed by atoms with van der Waals surface area (Å²) in [5.41, 5.74) is 1.92. The van der Waals surface area contributed by atoms with Crippen LogP contribution in [0.25, 0.3) is 0 Å². The molecule has 2 aliphatic heterocycles. The molecule has 2 atom stereocenters. The number of ether oxygens (including phenoxy) is 2. The van der Waals surface area contributed by atoms with E-state index in [2.05, 4.69) is 10.6 Å². The molecule has 2 unspecified atom stereocenters. The average Bonchev–Trinajstić information content (AvgIpc) is 3.36. The summed E-state index contributed by atoms with van der Waals surface area (Å²) in [5.74, 6) is 0.253. The molecule has 0 bridgehead atoms. The smallest absolute Gasteiger partial charge is 0.265 e. The molecule has 27 heavy (non-hydrogen) atoms. The van der Waals surface area contributed by atoms with Crippen molar-refractivity contribution < 1.29 is 19.1 Å². The average molecular weight is 366 g/mol. The van der Waals surface area contributed by atoms with Crippen LogP contribution in [0.3, 0.4) is 0 Å². The van der Waals surface area contributed by atoms with Crippen molar-refractivity contribution >= 4 is 17.5 Å². The summed E-state index contributed by atoms with van der Waals surface area (Å²) in [7, 11) is 0. The third kappa shape index (κ3) is 3.95. The first kappa shape index (κ1) is 17.5. The van der Waals surface area contributed by atoms with E-state index in [1.54, 1.807) is 24.3 Å². The molecule has 6 nitrogen and oxygen atoms in total. The Labute approximate surface area is 157 Å². The fourth-order valence-electron chi connectivity index (χ4n) is 3.44. The molecule has 2 N–H and O–H groups in total. The van der Waals surface area contributed by atoms with E-state index in [0.29, 0.717) is 24.2 Å². The molecule has 6 heteroatoms. The molecule has 0 saturated carbocycles. The van der Waals surface area contributed by atoms with Crippen LogP contribution in [0, 0.1) is 0 Å². The van der Waals surface area contributed by atoms with Gasteiger partial charge in [-0.2, -0.15) is 0 Å². The number of hydrogen-bond donors (Lipinski definition) is 2. The maximum atomic E-state index is 12.6. The lowest BCUT2D eigenvalue weighted by Crippen LogP contribution is -2.34. The summed E-state index contributed by atoms with van der Waals surface area (Å²) >= 11 is 0. The highest BCUT2D eigenvalue weighted by atomic mass is 16.5. The lowest BCUT2D eigenvalue weighted by atomic mass is 10.1. The second-order valence-electron chi connectivity index (χ2n) is 6.80. The highest BCUT2D eigenvalue weighted by molar-refractivity contribution is 6.04. The van der Waals surface area contributed by atoms with Gasteiger partial charge in [0, 0.05) is 19.6 Å². The van der Waals surface area contributed by atoms with E-state index in [4.69, 9.17) is 9.47 Å². The van der Waals surface area contributed by atoms with Crippen molar-refractivity contribution in [1.29, 1.82) is 0 Å². The van der Waals surface area contributed by atoms with Crippen molar-refractivity contribution in [2.24, 2.45) is 0 Å². The van der Waals surface area contributed by atoms with Gasteiger partial charge in [-0.15, -0.1) is 0 Å². The Morgan fingerprint density at radius 3 is 2.70 bits per heavy atom. The number of fused-ring (bicyclic) bond motifs is 1. The number of benzene rings is 2. The Balaban J connectivity index is 1.40. The normalized spacial score (nSPS) is 20.6. The van der Waals surface area contributed by atoms with Crippen LogP contribution in [0.2, 0.25) is 0 Å². The van der Waals surface area contributed by atoms with Gasteiger partial charge in [-0.05, 0) is 36.6 Å². The van der Waals surface area contributed by atoms with Crippen LogP contribution >= 0.6 is 0 Å². The zero-order valence-corrected chi connectivity index (χ0v) is 14.9. The zero-order chi connectivity index (χ0) is 18.6. The summed E-state index contributed by atoms with van der Waals surface area (Å²) in [5, 5.41) is 5.73. The van der Waals surface area contributed by atoms with Gasteiger partial charge in [0.1, 0.15) is 5.75 Å². The fourth-order valence-corrected chi connectivity index (χ4v) is 3.44. The van der Waals surface area contributed by atoms with Crippen LogP contribution in [0.15, 0.2) is 48.5 Å². The number of para-hydroxylation sites is 2. The summed E-state index contributed by atoms with van der Waals surface area (Å²) < 4.78 is 11.3. The molecular weight excluding hydrogens is 344 g/mol. The number of nitrogens with one attached hydrogen (secondary N) is 2. The number of hydrogen-bond acceptors (Lipinski definition) is 4. The number of amides is 2. The minimum atomic E-state index is -0.592. The minimum Gasteiger partial charge on any atom is -0.480 e. The molecule has 4 rings (SSSR count). The molecule has 2 amide bonds. The second kappa shape index (κ2) is 7.80. The van der Waals surface area contributed by atoms with Crippen LogP contribution in [-0.4, -0.2) is 37.2 Å². The summed E-state index contributed by atoms with van der Waals surface area (Å²) in [6, 6.07) is 14.6. The third-order valence-electron chi connectivity index (χ3n) is 4.88. The highest BCUT2D eigenvalue weighted by Crippen LogP contribution is 2.29. The molecule has 1 saturated heterocycles. The Morgan fingerprint density at radius 1 is 1.07 bits per heavy atom. The van der Waals surface area contributed by atoms with Crippen molar-refractivity contribution in [3.63, 3.8) is 0 Å². The Bertz CT molecular complexity index is 821. The molecule has 2 heterocycles. The molecule has 0 radical (unpaired) electrons. The van der Waals surface area contributed by atoms with Gasteiger partial charge in [-0.25, -0.2) is 0 Å². The molecule has 2 aromatic rings. The molecular formula is C21H22N2O4. The minimum absolute atomic E-state index is 0.0705. The Kier molecular flexibility index (Phi) is 5.07. The number of carbonyl (C=O) groups excluding carboxylic acids is 2. The largest absolute Gasteiger partial charge is 0.480 e. The van der Waals surface area contributed by atoms with Gasteiger partial charge in [0.25, 0.3) is 11.8 Å². The van der Waals surface area contributed by atoms with Gasteiger partial charge in [0.05, 0.1) is 17.4 Å². The standard InChI is InChI=1S/C21H22N2O4/c24-20(22-13-15-7-5-11-26-15)16-8-2-3-9-17(16)23-21(25)19-12-14-6-1-4-10-18(14)27-19/h1-4,6,8-10,15,19H,5,7,11-13H2,(H,22,24)(H,23,25). The Hall–Kier alpha value is -2.86. The van der Waals surface area contributed by atoms with Crippen LogP contribution < -0.4 is 15.4 Å². The van der Waals surface area contributed by atoms with E-state index in [-0.39, 0.29) is 17.9 Å². The van der Waals surface area contributed by atoms with E-state index < -0.39 is 6.10 Å². The molecule has 0 spiro atoms. The number of anilines is 1. The predicted octanol–water partition coefficient (Wildman–Crippen LogP) is 2.54. The van der Waals surface area contributed by atoms with Crippen molar-refractivity contribution in [3.05, 3.63) is 59.7 Å².